The van der Waals surface area contributed by atoms with Crippen LogP contribution in [0.25, 0.3) is 0 Å². The van der Waals surface area contributed by atoms with E-state index in [0.29, 0.717) is 17.1 Å². The van der Waals surface area contributed by atoms with E-state index in [1.54, 1.807) is 0 Å². The second-order valence-electron chi connectivity index (χ2n) is 5.03. The molecule has 0 radical (unpaired) electrons. The second kappa shape index (κ2) is 5.17. The minimum absolute atomic E-state index is 0.0630. The quantitative estimate of drug-likeness (QED) is 0.885. The van der Waals surface area contributed by atoms with Gasteiger partial charge in [-0.15, -0.1) is 0 Å². The van der Waals surface area contributed by atoms with E-state index >= 15 is 0 Å². The predicted molar refractivity (Wildman–Crippen MR) is 82.4 cm³/mol. The van der Waals surface area contributed by atoms with Crippen molar-refractivity contribution in [2.45, 2.75) is 19.4 Å². The fraction of sp³-hybridized carbons (Fsp3) is 0.188. The van der Waals surface area contributed by atoms with Crippen LogP contribution in [-0.4, -0.2) is 11.9 Å². The number of rotatable bonds is 2. The van der Waals surface area contributed by atoms with Gasteiger partial charge in [0.2, 0.25) is 5.91 Å². The van der Waals surface area contributed by atoms with E-state index in [2.05, 4.69) is 10.6 Å². The molecule has 102 valence electrons. The summed E-state index contributed by atoms with van der Waals surface area (Å²) in [4.78, 5) is 12.3. The maximum atomic E-state index is 12.3. The average Bonchev–Trinajstić information content (AvgIpc) is 2.86. The van der Waals surface area contributed by atoms with Gasteiger partial charge < -0.3 is 10.6 Å². The van der Waals surface area contributed by atoms with Gasteiger partial charge in [-0.25, -0.2) is 0 Å². The summed E-state index contributed by atoms with van der Waals surface area (Å²) in [6.45, 7) is 1.96. The summed E-state index contributed by atoms with van der Waals surface area (Å²) in [5.41, 5.74) is 3.92. The van der Waals surface area contributed by atoms with Crippen LogP contribution >= 0.6 is 11.6 Å². The lowest BCUT2D eigenvalue weighted by Crippen LogP contribution is -2.32. The molecule has 3 nitrogen and oxygen atoms in total. The molecule has 3 rings (SSSR count). The molecule has 1 atom stereocenters. The minimum Gasteiger partial charge on any atom is -0.373 e. The Morgan fingerprint density at radius 3 is 2.85 bits per heavy atom. The zero-order valence-corrected chi connectivity index (χ0v) is 11.9. The van der Waals surface area contributed by atoms with Crippen molar-refractivity contribution >= 4 is 28.9 Å². The molecule has 0 saturated carbocycles. The number of benzene rings is 2. The van der Waals surface area contributed by atoms with Gasteiger partial charge in [0.1, 0.15) is 6.04 Å². The molecule has 2 aromatic carbocycles. The van der Waals surface area contributed by atoms with Crippen molar-refractivity contribution in [3.8, 4) is 0 Å². The van der Waals surface area contributed by atoms with Crippen molar-refractivity contribution in [1.82, 2.24) is 0 Å². The lowest BCUT2D eigenvalue weighted by Gasteiger charge is -2.13. The maximum Gasteiger partial charge on any atom is 0.247 e. The largest absolute Gasteiger partial charge is 0.373 e. The fourth-order valence-corrected chi connectivity index (χ4v) is 2.68. The van der Waals surface area contributed by atoms with E-state index in [-0.39, 0.29) is 11.9 Å². The molecule has 1 aliphatic heterocycles. The van der Waals surface area contributed by atoms with Gasteiger partial charge in [-0.3, -0.25) is 4.79 Å². The molecule has 0 spiro atoms. The summed E-state index contributed by atoms with van der Waals surface area (Å²) in [7, 11) is 0. The van der Waals surface area contributed by atoms with Crippen LogP contribution in [0.15, 0.2) is 42.5 Å². The van der Waals surface area contributed by atoms with Crippen molar-refractivity contribution in [2.75, 3.05) is 10.6 Å². The van der Waals surface area contributed by atoms with Crippen LogP contribution in [0.2, 0.25) is 5.02 Å². The lowest BCUT2D eigenvalue weighted by molar-refractivity contribution is -0.116. The standard InChI is InChI=1S/C16H15ClN2O/c1-10-6-7-14(12(17)8-10)19-16(20)15-9-11-4-2-3-5-13(11)18-15/h2-8,15,18H,9H2,1H3,(H,19,20)/t15-/m0/s1. The SMILES string of the molecule is Cc1ccc(NC(=O)[C@@H]2Cc3ccccc3N2)c(Cl)c1. The molecular weight excluding hydrogens is 272 g/mol. The Morgan fingerprint density at radius 2 is 2.10 bits per heavy atom. The van der Waals surface area contributed by atoms with Crippen LogP contribution in [0.3, 0.4) is 0 Å². The van der Waals surface area contributed by atoms with Crippen LogP contribution < -0.4 is 10.6 Å². The van der Waals surface area contributed by atoms with Crippen molar-refractivity contribution in [2.24, 2.45) is 0 Å². The third-order valence-corrected chi connectivity index (χ3v) is 3.78. The predicted octanol–water partition coefficient (Wildman–Crippen LogP) is 3.62. The Bertz CT molecular complexity index is 644. The molecule has 2 aromatic rings. The first-order valence-corrected chi connectivity index (χ1v) is 6.93. The van der Waals surface area contributed by atoms with E-state index in [0.717, 1.165) is 11.3 Å². The number of halogens is 1. The summed E-state index contributed by atoms with van der Waals surface area (Å²) in [6, 6.07) is 13.3. The van der Waals surface area contributed by atoms with E-state index in [4.69, 9.17) is 11.6 Å². The number of fused-ring (bicyclic) bond motifs is 1. The van der Waals surface area contributed by atoms with E-state index < -0.39 is 0 Å². The van der Waals surface area contributed by atoms with Gasteiger partial charge >= 0.3 is 0 Å². The highest BCUT2D eigenvalue weighted by atomic mass is 35.5. The molecule has 0 fully saturated rings. The van der Waals surface area contributed by atoms with Crippen molar-refractivity contribution in [3.05, 3.63) is 58.6 Å². The van der Waals surface area contributed by atoms with E-state index in [1.807, 2.05) is 49.4 Å². The Morgan fingerprint density at radius 1 is 1.30 bits per heavy atom. The van der Waals surface area contributed by atoms with Gasteiger partial charge in [0.25, 0.3) is 0 Å². The zero-order valence-electron chi connectivity index (χ0n) is 11.1. The summed E-state index contributed by atoms with van der Waals surface area (Å²) < 4.78 is 0. The van der Waals surface area contributed by atoms with Gasteiger partial charge in [0, 0.05) is 12.1 Å². The van der Waals surface area contributed by atoms with Crippen molar-refractivity contribution in [1.29, 1.82) is 0 Å². The molecule has 0 unspecified atom stereocenters. The molecule has 0 aliphatic carbocycles. The monoisotopic (exact) mass is 286 g/mol. The first kappa shape index (κ1) is 13.0. The number of carbonyl (C=O) groups is 1. The summed E-state index contributed by atoms with van der Waals surface area (Å²) >= 11 is 6.13. The Balaban J connectivity index is 1.72. The smallest absolute Gasteiger partial charge is 0.247 e. The Kier molecular flexibility index (Phi) is 3.36. The number of hydrogen-bond donors (Lipinski definition) is 2. The van der Waals surface area contributed by atoms with Gasteiger partial charge in [0.15, 0.2) is 0 Å². The highest BCUT2D eigenvalue weighted by Crippen LogP contribution is 2.27. The van der Waals surface area contributed by atoms with Crippen LogP contribution in [0, 0.1) is 6.92 Å². The number of nitrogens with one attached hydrogen (secondary N) is 2. The average molecular weight is 287 g/mol. The topological polar surface area (TPSA) is 41.1 Å². The second-order valence-corrected chi connectivity index (χ2v) is 5.44. The van der Waals surface area contributed by atoms with Crippen LogP contribution in [0.5, 0.6) is 0 Å². The van der Waals surface area contributed by atoms with Gasteiger partial charge in [0.05, 0.1) is 10.7 Å². The highest BCUT2D eigenvalue weighted by molar-refractivity contribution is 6.33. The first-order valence-electron chi connectivity index (χ1n) is 6.55. The number of hydrogen-bond acceptors (Lipinski definition) is 2. The molecule has 1 aliphatic rings. The van der Waals surface area contributed by atoms with Gasteiger partial charge in [-0.2, -0.15) is 0 Å². The molecule has 20 heavy (non-hydrogen) atoms. The molecule has 0 saturated heterocycles. The number of aryl methyl sites for hydroxylation is 1. The zero-order chi connectivity index (χ0) is 14.1. The molecule has 0 aromatic heterocycles. The van der Waals surface area contributed by atoms with E-state index in [9.17, 15) is 4.79 Å². The van der Waals surface area contributed by atoms with E-state index in [1.165, 1.54) is 5.56 Å². The number of amides is 1. The number of carbonyl (C=O) groups excluding carboxylic acids is 1. The molecule has 1 amide bonds. The third-order valence-electron chi connectivity index (χ3n) is 3.47. The summed E-state index contributed by atoms with van der Waals surface area (Å²) in [5.74, 6) is -0.0630. The fourth-order valence-electron chi connectivity index (χ4n) is 2.40. The van der Waals surface area contributed by atoms with Crippen LogP contribution in [-0.2, 0) is 11.2 Å². The molecule has 2 N–H and O–H groups in total. The molecule has 1 heterocycles. The molecular formula is C16H15ClN2O. The minimum atomic E-state index is -0.246. The third kappa shape index (κ3) is 2.49. The molecule has 0 bridgehead atoms. The maximum absolute atomic E-state index is 12.3. The summed E-state index contributed by atoms with van der Waals surface area (Å²) in [6.07, 6.45) is 0.700. The highest BCUT2D eigenvalue weighted by Gasteiger charge is 2.26. The van der Waals surface area contributed by atoms with Gasteiger partial charge in [-0.05, 0) is 36.2 Å². The van der Waals surface area contributed by atoms with Crippen LogP contribution in [0.1, 0.15) is 11.1 Å². The number of anilines is 2. The Hall–Kier alpha value is -2.00. The Labute approximate surface area is 123 Å². The normalized spacial score (nSPS) is 16.4. The van der Waals surface area contributed by atoms with Crippen molar-refractivity contribution in [3.63, 3.8) is 0 Å². The lowest BCUT2D eigenvalue weighted by atomic mass is 10.1. The van der Waals surface area contributed by atoms with Crippen LogP contribution in [0.4, 0.5) is 11.4 Å². The first-order chi connectivity index (χ1) is 9.63. The van der Waals surface area contributed by atoms with Crippen molar-refractivity contribution < 1.29 is 4.79 Å². The number of para-hydroxylation sites is 1. The summed E-state index contributed by atoms with van der Waals surface area (Å²) in [5, 5.41) is 6.67. The molecule has 4 heteroatoms. The van der Waals surface area contributed by atoms with Gasteiger partial charge in [-0.1, -0.05) is 35.9 Å².